The van der Waals surface area contributed by atoms with Crippen molar-refractivity contribution in [1.82, 2.24) is 9.38 Å². The predicted octanol–water partition coefficient (Wildman–Crippen LogP) is 1.79. The van der Waals surface area contributed by atoms with Gasteiger partial charge in [0, 0.05) is 5.69 Å². The van der Waals surface area contributed by atoms with Crippen molar-refractivity contribution in [3.05, 3.63) is 29.6 Å². The van der Waals surface area contributed by atoms with Crippen LogP contribution in [0.2, 0.25) is 0 Å². The minimum atomic E-state index is 0.718. The van der Waals surface area contributed by atoms with Gasteiger partial charge in [-0.3, -0.25) is 4.40 Å². The van der Waals surface area contributed by atoms with E-state index in [1.54, 1.807) is 6.20 Å². The number of nitrogens with two attached hydrogens (primary N) is 1. The summed E-state index contributed by atoms with van der Waals surface area (Å²) in [4.78, 5) is 4.21. The molecule has 0 saturated heterocycles. The fourth-order valence-corrected chi connectivity index (χ4v) is 1.70. The molecule has 0 aromatic carbocycles. The fourth-order valence-electron chi connectivity index (χ4n) is 1.70. The number of pyridine rings is 1. The van der Waals surface area contributed by atoms with Crippen LogP contribution in [0.4, 0.5) is 5.82 Å². The van der Waals surface area contributed by atoms with Crippen molar-refractivity contribution >= 4 is 11.5 Å². The summed E-state index contributed by atoms with van der Waals surface area (Å²) in [7, 11) is 0. The molecule has 13 heavy (non-hydrogen) atoms. The second-order valence-corrected chi connectivity index (χ2v) is 3.19. The highest BCUT2D eigenvalue weighted by Gasteiger charge is 2.05. The zero-order chi connectivity index (χ0) is 9.42. The molecular weight excluding hydrogens is 162 g/mol. The predicted molar refractivity (Wildman–Crippen MR) is 53.7 cm³/mol. The molecule has 0 saturated carbocycles. The van der Waals surface area contributed by atoms with Crippen molar-refractivity contribution in [3.8, 4) is 0 Å². The van der Waals surface area contributed by atoms with E-state index in [0.29, 0.717) is 0 Å². The maximum absolute atomic E-state index is 5.82. The Morgan fingerprint density at radius 2 is 2.23 bits per heavy atom. The highest BCUT2D eigenvalue weighted by molar-refractivity contribution is 5.51. The topological polar surface area (TPSA) is 43.3 Å². The molecule has 2 heterocycles. The molecule has 0 bridgehead atoms. The molecule has 68 valence electrons. The second-order valence-electron chi connectivity index (χ2n) is 3.19. The molecule has 0 atom stereocenters. The minimum absolute atomic E-state index is 0.718. The third-order valence-electron chi connectivity index (χ3n) is 2.36. The summed E-state index contributed by atoms with van der Waals surface area (Å²) in [6.45, 7) is 4.22. The van der Waals surface area contributed by atoms with Crippen LogP contribution in [0.5, 0.6) is 0 Å². The van der Waals surface area contributed by atoms with Crippen molar-refractivity contribution in [3.63, 3.8) is 0 Å². The third-order valence-corrected chi connectivity index (χ3v) is 2.36. The van der Waals surface area contributed by atoms with E-state index in [2.05, 4.69) is 24.9 Å². The Hall–Kier alpha value is -1.51. The first-order chi connectivity index (χ1) is 6.24. The summed E-state index contributed by atoms with van der Waals surface area (Å²) >= 11 is 0. The summed E-state index contributed by atoms with van der Waals surface area (Å²) < 4.78 is 2.01. The molecule has 0 amide bonds. The van der Waals surface area contributed by atoms with Gasteiger partial charge in [-0.15, -0.1) is 0 Å². The van der Waals surface area contributed by atoms with Crippen LogP contribution >= 0.6 is 0 Å². The molecule has 0 aliphatic rings. The van der Waals surface area contributed by atoms with Crippen LogP contribution in [0.1, 0.15) is 18.2 Å². The number of nitrogen functional groups attached to an aromatic ring is 1. The van der Waals surface area contributed by atoms with E-state index in [1.165, 1.54) is 11.3 Å². The molecule has 2 rings (SSSR count). The quantitative estimate of drug-likeness (QED) is 0.718. The van der Waals surface area contributed by atoms with Crippen molar-refractivity contribution in [2.45, 2.75) is 20.3 Å². The number of aryl methyl sites for hydroxylation is 2. The number of nitrogens with zero attached hydrogens (tertiary/aromatic N) is 2. The molecule has 3 nitrogen and oxygen atoms in total. The van der Waals surface area contributed by atoms with Crippen LogP contribution < -0.4 is 5.73 Å². The summed E-state index contributed by atoms with van der Waals surface area (Å²) in [6, 6.07) is 4.07. The lowest BCUT2D eigenvalue weighted by Crippen LogP contribution is -2.01. The third kappa shape index (κ3) is 1.08. The van der Waals surface area contributed by atoms with Crippen LogP contribution in [0.25, 0.3) is 5.65 Å². The molecule has 0 fully saturated rings. The molecule has 0 aliphatic carbocycles. The van der Waals surface area contributed by atoms with Crippen molar-refractivity contribution in [1.29, 1.82) is 0 Å². The number of aromatic nitrogens is 2. The van der Waals surface area contributed by atoms with E-state index in [4.69, 9.17) is 5.73 Å². The van der Waals surface area contributed by atoms with Gasteiger partial charge >= 0.3 is 0 Å². The van der Waals surface area contributed by atoms with Gasteiger partial charge in [0.05, 0.1) is 6.20 Å². The van der Waals surface area contributed by atoms with Crippen LogP contribution in [-0.4, -0.2) is 9.38 Å². The average Bonchev–Trinajstić information content (AvgIpc) is 2.49. The summed E-state index contributed by atoms with van der Waals surface area (Å²) in [6.07, 6.45) is 2.68. The van der Waals surface area contributed by atoms with Crippen LogP contribution in [0.15, 0.2) is 18.3 Å². The largest absolute Gasteiger partial charge is 0.383 e. The first-order valence-corrected chi connectivity index (χ1v) is 4.45. The first kappa shape index (κ1) is 8.10. The normalized spacial score (nSPS) is 10.9. The average molecular weight is 175 g/mol. The summed E-state index contributed by atoms with van der Waals surface area (Å²) in [5, 5.41) is 0. The molecule has 0 radical (unpaired) electrons. The van der Waals surface area contributed by atoms with E-state index < -0.39 is 0 Å². The minimum Gasteiger partial charge on any atom is -0.383 e. The van der Waals surface area contributed by atoms with Gasteiger partial charge in [0.2, 0.25) is 0 Å². The summed E-state index contributed by atoms with van der Waals surface area (Å²) in [5.74, 6) is 0.718. The maximum Gasteiger partial charge on any atom is 0.138 e. The number of fused-ring (bicyclic) bond motifs is 1. The van der Waals surface area contributed by atoms with Crippen LogP contribution in [0, 0.1) is 6.92 Å². The monoisotopic (exact) mass is 175 g/mol. The van der Waals surface area contributed by atoms with Gasteiger partial charge in [-0.1, -0.05) is 13.0 Å². The highest BCUT2D eigenvalue weighted by atomic mass is 15.1. The Kier molecular flexibility index (Phi) is 1.72. The van der Waals surface area contributed by atoms with Gasteiger partial charge in [-0.05, 0) is 25.0 Å². The van der Waals surface area contributed by atoms with E-state index in [1.807, 2.05) is 10.5 Å². The molecule has 0 aliphatic heterocycles. The Morgan fingerprint density at radius 1 is 1.46 bits per heavy atom. The fraction of sp³-hybridized carbons (Fsp3) is 0.300. The van der Waals surface area contributed by atoms with Crippen molar-refractivity contribution in [2.75, 3.05) is 5.73 Å². The number of rotatable bonds is 1. The number of anilines is 1. The van der Waals surface area contributed by atoms with Gasteiger partial charge in [0.1, 0.15) is 11.5 Å². The lowest BCUT2D eigenvalue weighted by atomic mass is 10.2. The van der Waals surface area contributed by atoms with E-state index in [0.717, 1.165) is 17.9 Å². The SMILES string of the molecule is CCc1c(C)ccc2ncc(N)n12. The number of hydrogen-bond donors (Lipinski definition) is 1. The molecule has 0 spiro atoms. The van der Waals surface area contributed by atoms with Gasteiger partial charge < -0.3 is 5.73 Å². The Bertz CT molecular complexity index is 443. The molecule has 3 heteroatoms. The smallest absolute Gasteiger partial charge is 0.138 e. The Morgan fingerprint density at radius 3 is 2.92 bits per heavy atom. The van der Waals surface area contributed by atoms with Crippen LogP contribution in [0.3, 0.4) is 0 Å². The molecule has 0 unspecified atom stereocenters. The van der Waals surface area contributed by atoms with Crippen molar-refractivity contribution < 1.29 is 0 Å². The standard InChI is InChI=1S/C10H13N3/c1-3-8-7(2)4-5-10-12-6-9(11)13(8)10/h4-6H,3,11H2,1-2H3. The molecule has 2 aromatic rings. The van der Waals surface area contributed by atoms with E-state index >= 15 is 0 Å². The van der Waals surface area contributed by atoms with E-state index in [9.17, 15) is 0 Å². The highest BCUT2D eigenvalue weighted by Crippen LogP contribution is 2.16. The number of hydrogen-bond acceptors (Lipinski definition) is 2. The lowest BCUT2D eigenvalue weighted by Gasteiger charge is -2.07. The van der Waals surface area contributed by atoms with Gasteiger partial charge in [0.15, 0.2) is 0 Å². The molecular formula is C10H13N3. The summed E-state index contributed by atoms with van der Waals surface area (Å²) in [5.41, 5.74) is 9.26. The van der Waals surface area contributed by atoms with E-state index in [-0.39, 0.29) is 0 Å². The lowest BCUT2D eigenvalue weighted by molar-refractivity contribution is 0.963. The maximum atomic E-state index is 5.82. The molecule has 2 aromatic heterocycles. The van der Waals surface area contributed by atoms with Gasteiger partial charge in [0.25, 0.3) is 0 Å². The first-order valence-electron chi connectivity index (χ1n) is 4.45. The van der Waals surface area contributed by atoms with Crippen LogP contribution in [-0.2, 0) is 6.42 Å². The molecule has 2 N–H and O–H groups in total. The Balaban J connectivity index is 2.88. The van der Waals surface area contributed by atoms with Gasteiger partial charge in [-0.2, -0.15) is 0 Å². The van der Waals surface area contributed by atoms with Gasteiger partial charge in [-0.25, -0.2) is 4.98 Å². The van der Waals surface area contributed by atoms with Crippen molar-refractivity contribution in [2.24, 2.45) is 0 Å². The zero-order valence-electron chi connectivity index (χ0n) is 7.91. The Labute approximate surface area is 77.2 Å². The second kappa shape index (κ2) is 2.76. The number of imidazole rings is 1. The zero-order valence-corrected chi connectivity index (χ0v) is 7.91.